The molecule has 0 bridgehead atoms. The molecule has 0 amide bonds. The second-order valence-electron chi connectivity index (χ2n) is 5.01. The Hall–Kier alpha value is -1.87. The minimum Gasteiger partial charge on any atom is -0.439 e. The predicted molar refractivity (Wildman–Crippen MR) is 82.2 cm³/mol. The summed E-state index contributed by atoms with van der Waals surface area (Å²) in [6.45, 7) is 8.04. The highest BCUT2D eigenvalue weighted by atomic mass is 16.5. The number of hydrogen-bond acceptors (Lipinski definition) is 3. The van der Waals surface area contributed by atoms with E-state index >= 15 is 0 Å². The Morgan fingerprint density at radius 1 is 1.15 bits per heavy atom. The van der Waals surface area contributed by atoms with Crippen molar-refractivity contribution in [3.05, 3.63) is 53.2 Å². The van der Waals surface area contributed by atoms with E-state index in [4.69, 9.17) is 4.74 Å². The minimum absolute atomic E-state index is 0.648. The highest BCUT2D eigenvalue weighted by molar-refractivity contribution is 5.38. The van der Waals surface area contributed by atoms with Gasteiger partial charge in [-0.1, -0.05) is 25.1 Å². The number of nitrogens with zero attached hydrogens (tertiary/aromatic N) is 1. The van der Waals surface area contributed by atoms with E-state index in [2.05, 4.69) is 36.3 Å². The molecule has 1 N–H and O–H groups in total. The van der Waals surface area contributed by atoms with Gasteiger partial charge in [-0.05, 0) is 50.1 Å². The molecule has 0 fully saturated rings. The van der Waals surface area contributed by atoms with Gasteiger partial charge in [0.25, 0.3) is 0 Å². The van der Waals surface area contributed by atoms with E-state index in [1.165, 1.54) is 5.56 Å². The topological polar surface area (TPSA) is 34.1 Å². The first-order chi connectivity index (χ1) is 9.69. The summed E-state index contributed by atoms with van der Waals surface area (Å²) in [5.74, 6) is 1.52. The Balaban J connectivity index is 2.09. The fraction of sp³-hybridized carbons (Fsp3) is 0.353. The first-order valence-corrected chi connectivity index (χ1v) is 7.11. The van der Waals surface area contributed by atoms with Gasteiger partial charge in [-0.2, -0.15) is 0 Å². The first-order valence-electron chi connectivity index (χ1n) is 7.11. The molecular weight excluding hydrogens is 248 g/mol. The smallest absolute Gasteiger partial charge is 0.219 e. The van der Waals surface area contributed by atoms with Gasteiger partial charge in [0.1, 0.15) is 5.75 Å². The molecule has 2 aromatic rings. The number of benzene rings is 1. The van der Waals surface area contributed by atoms with Crippen LogP contribution in [-0.2, 0) is 6.54 Å². The highest BCUT2D eigenvalue weighted by Gasteiger charge is 2.04. The molecule has 0 saturated heterocycles. The lowest BCUT2D eigenvalue weighted by Crippen LogP contribution is -2.14. The van der Waals surface area contributed by atoms with Crippen LogP contribution in [0.3, 0.4) is 0 Å². The van der Waals surface area contributed by atoms with Crippen molar-refractivity contribution < 1.29 is 4.74 Å². The maximum atomic E-state index is 5.90. The van der Waals surface area contributed by atoms with Crippen LogP contribution in [0.1, 0.15) is 30.2 Å². The summed E-state index contributed by atoms with van der Waals surface area (Å²) in [5.41, 5.74) is 3.31. The largest absolute Gasteiger partial charge is 0.439 e. The number of pyridine rings is 1. The van der Waals surface area contributed by atoms with E-state index in [1.807, 2.05) is 31.2 Å². The molecule has 0 spiro atoms. The maximum absolute atomic E-state index is 5.90. The number of nitrogens with one attached hydrogen (secondary N) is 1. The van der Waals surface area contributed by atoms with E-state index in [-0.39, 0.29) is 0 Å². The summed E-state index contributed by atoms with van der Waals surface area (Å²) in [7, 11) is 0. The van der Waals surface area contributed by atoms with Crippen LogP contribution in [-0.4, -0.2) is 11.5 Å². The van der Waals surface area contributed by atoms with Crippen LogP contribution < -0.4 is 10.1 Å². The van der Waals surface area contributed by atoms with Crippen LogP contribution >= 0.6 is 0 Å². The molecule has 0 aliphatic carbocycles. The Morgan fingerprint density at radius 3 is 2.80 bits per heavy atom. The molecule has 1 aromatic heterocycles. The summed E-state index contributed by atoms with van der Waals surface area (Å²) < 4.78 is 5.90. The van der Waals surface area contributed by atoms with Crippen LogP contribution in [0.15, 0.2) is 36.4 Å². The number of aromatic nitrogens is 1. The Morgan fingerprint density at radius 2 is 2.00 bits per heavy atom. The fourth-order valence-electron chi connectivity index (χ4n) is 1.94. The summed E-state index contributed by atoms with van der Waals surface area (Å²) in [4.78, 5) is 4.53. The minimum atomic E-state index is 0.648. The summed E-state index contributed by atoms with van der Waals surface area (Å²) in [5, 5.41) is 3.34. The number of aryl methyl sites for hydroxylation is 2. The number of ether oxygens (including phenoxy) is 1. The molecule has 106 valence electrons. The molecule has 1 heterocycles. The lowest BCUT2D eigenvalue weighted by Gasteiger charge is -2.10. The van der Waals surface area contributed by atoms with Gasteiger partial charge in [0, 0.05) is 12.6 Å². The molecule has 3 heteroatoms. The van der Waals surface area contributed by atoms with Crippen molar-refractivity contribution in [1.29, 1.82) is 0 Å². The van der Waals surface area contributed by atoms with E-state index in [0.29, 0.717) is 5.88 Å². The van der Waals surface area contributed by atoms with Gasteiger partial charge in [0.15, 0.2) is 0 Å². The van der Waals surface area contributed by atoms with E-state index in [1.54, 1.807) is 0 Å². The third kappa shape index (κ3) is 4.07. The normalized spacial score (nSPS) is 10.6. The molecule has 3 nitrogen and oxygen atoms in total. The average molecular weight is 270 g/mol. The van der Waals surface area contributed by atoms with Crippen molar-refractivity contribution in [2.75, 3.05) is 6.54 Å². The zero-order valence-corrected chi connectivity index (χ0v) is 12.4. The van der Waals surface area contributed by atoms with Crippen molar-refractivity contribution in [1.82, 2.24) is 10.3 Å². The third-order valence-corrected chi connectivity index (χ3v) is 3.07. The average Bonchev–Trinajstić information content (AvgIpc) is 2.44. The van der Waals surface area contributed by atoms with Gasteiger partial charge >= 0.3 is 0 Å². The molecule has 2 rings (SSSR count). The van der Waals surface area contributed by atoms with Gasteiger partial charge < -0.3 is 10.1 Å². The number of hydrogen-bond donors (Lipinski definition) is 1. The van der Waals surface area contributed by atoms with Crippen molar-refractivity contribution in [2.24, 2.45) is 0 Å². The van der Waals surface area contributed by atoms with E-state index in [9.17, 15) is 0 Å². The SMILES string of the molecule is CCCNCc1cccc(Oc2cc(C)ccc2C)n1. The molecule has 0 unspecified atom stereocenters. The summed E-state index contributed by atoms with van der Waals surface area (Å²) >= 11 is 0. The molecule has 0 atom stereocenters. The fourth-order valence-corrected chi connectivity index (χ4v) is 1.94. The van der Waals surface area contributed by atoms with E-state index < -0.39 is 0 Å². The maximum Gasteiger partial charge on any atom is 0.219 e. The number of rotatable bonds is 6. The van der Waals surface area contributed by atoms with Crippen LogP contribution in [0.4, 0.5) is 0 Å². The monoisotopic (exact) mass is 270 g/mol. The molecular formula is C17H22N2O. The van der Waals surface area contributed by atoms with Gasteiger partial charge in [-0.15, -0.1) is 0 Å². The lowest BCUT2D eigenvalue weighted by molar-refractivity contribution is 0.456. The Kier molecular flexibility index (Phi) is 5.13. The second-order valence-corrected chi connectivity index (χ2v) is 5.01. The van der Waals surface area contributed by atoms with Gasteiger partial charge in [-0.3, -0.25) is 0 Å². The summed E-state index contributed by atoms with van der Waals surface area (Å²) in [6, 6.07) is 12.1. The highest BCUT2D eigenvalue weighted by Crippen LogP contribution is 2.24. The van der Waals surface area contributed by atoms with Crippen molar-refractivity contribution in [2.45, 2.75) is 33.7 Å². The molecule has 20 heavy (non-hydrogen) atoms. The Bertz CT molecular complexity index is 567. The molecule has 1 aromatic carbocycles. The zero-order valence-electron chi connectivity index (χ0n) is 12.4. The van der Waals surface area contributed by atoms with Crippen molar-refractivity contribution >= 4 is 0 Å². The van der Waals surface area contributed by atoms with Crippen molar-refractivity contribution in [3.63, 3.8) is 0 Å². The van der Waals surface area contributed by atoms with Crippen LogP contribution in [0, 0.1) is 13.8 Å². The molecule has 0 aliphatic heterocycles. The lowest BCUT2D eigenvalue weighted by atomic mass is 10.1. The van der Waals surface area contributed by atoms with Crippen LogP contribution in [0.25, 0.3) is 0 Å². The summed E-state index contributed by atoms with van der Waals surface area (Å²) in [6.07, 6.45) is 1.12. The third-order valence-electron chi connectivity index (χ3n) is 3.07. The Labute approximate surface area is 121 Å². The van der Waals surface area contributed by atoms with Crippen LogP contribution in [0.2, 0.25) is 0 Å². The molecule has 0 aliphatic rings. The van der Waals surface area contributed by atoms with Gasteiger partial charge in [-0.25, -0.2) is 4.98 Å². The van der Waals surface area contributed by atoms with Crippen molar-refractivity contribution in [3.8, 4) is 11.6 Å². The van der Waals surface area contributed by atoms with Gasteiger partial charge in [0.2, 0.25) is 5.88 Å². The standard InChI is InChI=1S/C17H22N2O/c1-4-10-18-12-15-6-5-7-17(19-15)20-16-11-13(2)8-9-14(16)3/h5-9,11,18H,4,10,12H2,1-3H3. The zero-order chi connectivity index (χ0) is 14.4. The first kappa shape index (κ1) is 14.5. The van der Waals surface area contributed by atoms with E-state index in [0.717, 1.165) is 36.5 Å². The quantitative estimate of drug-likeness (QED) is 0.806. The second kappa shape index (κ2) is 7.06. The van der Waals surface area contributed by atoms with Gasteiger partial charge in [0.05, 0.1) is 5.69 Å². The molecule has 0 radical (unpaired) electrons. The molecule has 0 saturated carbocycles. The predicted octanol–water partition coefficient (Wildman–Crippen LogP) is 3.99. The van der Waals surface area contributed by atoms with Crippen LogP contribution in [0.5, 0.6) is 11.6 Å².